The molecule has 0 radical (unpaired) electrons. The van der Waals surface area contributed by atoms with Crippen LogP contribution in [0.2, 0.25) is 0 Å². The lowest BCUT2D eigenvalue weighted by molar-refractivity contribution is 0.0616. The van der Waals surface area contributed by atoms with Gasteiger partial charge >= 0.3 is 12.0 Å². The maximum absolute atomic E-state index is 14.5. The zero-order valence-electron chi connectivity index (χ0n) is 28.3. The number of carbonyl (C=O) groups is 1. The highest BCUT2D eigenvalue weighted by Crippen LogP contribution is 2.43. The molecule has 2 N–H and O–H groups in total. The molecular formula is C36H43F2N9O3. The van der Waals surface area contributed by atoms with Gasteiger partial charge in [-0.3, -0.25) is 9.36 Å². The molecule has 1 aromatic carbocycles. The van der Waals surface area contributed by atoms with E-state index in [1.807, 2.05) is 6.07 Å². The minimum Gasteiger partial charge on any atom is -0.478 e. The van der Waals surface area contributed by atoms with Crippen molar-refractivity contribution in [3.05, 3.63) is 64.9 Å². The monoisotopic (exact) mass is 687 g/mol. The predicted octanol–water partition coefficient (Wildman–Crippen LogP) is 5.47. The van der Waals surface area contributed by atoms with E-state index in [2.05, 4.69) is 34.9 Å². The molecule has 0 unspecified atom stereocenters. The van der Waals surface area contributed by atoms with Crippen molar-refractivity contribution in [1.29, 1.82) is 0 Å². The molecule has 0 spiro atoms. The molecule has 3 aliphatic heterocycles. The van der Waals surface area contributed by atoms with Crippen LogP contribution in [-0.2, 0) is 26.4 Å². The summed E-state index contributed by atoms with van der Waals surface area (Å²) >= 11 is 0. The van der Waals surface area contributed by atoms with Gasteiger partial charge < -0.3 is 25.0 Å². The number of aryl methyl sites for hydroxylation is 2. The lowest BCUT2D eigenvalue weighted by atomic mass is 9.90. The summed E-state index contributed by atoms with van der Waals surface area (Å²) in [6, 6.07) is 4.68. The largest absolute Gasteiger partial charge is 0.478 e. The van der Waals surface area contributed by atoms with E-state index in [9.17, 15) is 13.6 Å². The molecule has 14 heteroatoms. The second kappa shape index (κ2) is 13.7. The number of carboxylic acids is 1. The number of nitrogens with one attached hydrogen (secondary N) is 1. The highest BCUT2D eigenvalue weighted by atomic mass is 19.3. The number of benzene rings is 1. The molecule has 2 fully saturated rings. The fraction of sp³-hybridized carbons (Fsp3) is 0.528. The quantitative estimate of drug-likeness (QED) is 0.247. The minimum atomic E-state index is -2.60. The number of alkyl halides is 2. The van der Waals surface area contributed by atoms with Crippen LogP contribution in [0.1, 0.15) is 90.2 Å². The molecule has 264 valence electrons. The number of likely N-dealkylation sites (tertiary alicyclic amines) is 1. The van der Waals surface area contributed by atoms with Gasteiger partial charge in [0.15, 0.2) is 5.82 Å². The molecule has 3 aromatic heterocycles. The Kier molecular flexibility index (Phi) is 8.98. The van der Waals surface area contributed by atoms with Gasteiger partial charge in [-0.2, -0.15) is 10.2 Å². The topological polar surface area (TPSA) is 126 Å². The van der Waals surface area contributed by atoms with E-state index in [0.717, 1.165) is 108 Å². The van der Waals surface area contributed by atoms with Gasteiger partial charge in [0.1, 0.15) is 6.10 Å². The van der Waals surface area contributed by atoms with Crippen LogP contribution in [0.3, 0.4) is 0 Å². The molecule has 50 heavy (non-hydrogen) atoms. The first kappa shape index (κ1) is 32.8. The fourth-order valence-corrected chi connectivity index (χ4v) is 8.40. The van der Waals surface area contributed by atoms with Crippen LogP contribution in [0.15, 0.2) is 36.9 Å². The number of hydrogen-bond donors (Lipinski definition) is 2. The predicted molar refractivity (Wildman–Crippen MR) is 182 cm³/mol. The summed E-state index contributed by atoms with van der Waals surface area (Å²) in [5, 5.41) is 22.2. The smallest absolute Gasteiger partial charge is 0.338 e. The Morgan fingerprint density at radius 3 is 2.48 bits per heavy atom. The zero-order valence-corrected chi connectivity index (χ0v) is 28.3. The van der Waals surface area contributed by atoms with Crippen LogP contribution < -0.4 is 15.0 Å². The van der Waals surface area contributed by atoms with Crippen LogP contribution in [0.5, 0.6) is 6.01 Å². The van der Waals surface area contributed by atoms with Crippen molar-refractivity contribution in [2.24, 2.45) is 7.05 Å². The number of nitrogens with zero attached hydrogens (tertiary/aromatic N) is 8. The molecule has 0 bridgehead atoms. The lowest BCUT2D eigenvalue weighted by Crippen LogP contribution is -2.45. The number of aromatic carboxylic acids is 1. The molecular weight excluding hydrogens is 644 g/mol. The number of anilines is 2. The van der Waals surface area contributed by atoms with Gasteiger partial charge in [0.05, 0.1) is 17.8 Å². The molecule has 1 aliphatic carbocycles. The van der Waals surface area contributed by atoms with E-state index in [1.165, 1.54) is 23.7 Å². The highest BCUT2D eigenvalue weighted by Gasteiger charge is 2.35. The number of carboxylic acid groups (broad SMARTS) is 1. The summed E-state index contributed by atoms with van der Waals surface area (Å²) in [7, 11) is 1.80. The van der Waals surface area contributed by atoms with Crippen LogP contribution in [0.25, 0.3) is 11.1 Å². The first-order valence-electron chi connectivity index (χ1n) is 17.8. The van der Waals surface area contributed by atoms with Gasteiger partial charge in [-0.15, -0.1) is 0 Å². The van der Waals surface area contributed by atoms with Crippen molar-refractivity contribution in [1.82, 2.24) is 39.7 Å². The molecule has 4 aromatic rings. The lowest BCUT2D eigenvalue weighted by Gasteiger charge is -2.41. The van der Waals surface area contributed by atoms with E-state index < -0.39 is 12.4 Å². The second-order valence-electron chi connectivity index (χ2n) is 14.0. The van der Waals surface area contributed by atoms with Gasteiger partial charge in [0.25, 0.3) is 6.43 Å². The Morgan fingerprint density at radius 2 is 1.78 bits per heavy atom. The molecule has 4 aliphatic rings. The van der Waals surface area contributed by atoms with Crippen molar-refractivity contribution in [2.75, 3.05) is 31.1 Å². The SMILES string of the molecule is Cn1cc(-c2cc3c(cc2C(F)F)N(c2nn(C4CCN(C5CCC(Oc6ncc(C(=O)O)cn6)CC5)CC4)c4c2CNCC4)CCC3)cn1. The summed E-state index contributed by atoms with van der Waals surface area (Å²) in [5.74, 6) is -0.148. The normalized spacial score (nSPS) is 21.6. The Balaban J connectivity index is 0.961. The van der Waals surface area contributed by atoms with Crippen molar-refractivity contribution in [3.8, 4) is 17.1 Å². The van der Waals surface area contributed by atoms with Crippen LogP contribution in [-0.4, -0.2) is 83.8 Å². The molecule has 6 heterocycles. The van der Waals surface area contributed by atoms with Crippen LogP contribution in [0.4, 0.5) is 20.3 Å². The van der Waals surface area contributed by atoms with Crippen molar-refractivity contribution >= 4 is 17.5 Å². The Bertz CT molecular complexity index is 1840. The van der Waals surface area contributed by atoms with E-state index in [-0.39, 0.29) is 23.2 Å². The van der Waals surface area contributed by atoms with Gasteiger partial charge in [0, 0.05) is 98.9 Å². The molecule has 0 amide bonds. The zero-order chi connectivity index (χ0) is 34.4. The number of ether oxygens (including phenoxy) is 1. The number of piperidine rings is 1. The van der Waals surface area contributed by atoms with Crippen molar-refractivity contribution in [3.63, 3.8) is 0 Å². The maximum atomic E-state index is 14.5. The third-order valence-electron chi connectivity index (χ3n) is 11.0. The molecule has 1 saturated carbocycles. The van der Waals surface area contributed by atoms with E-state index in [0.29, 0.717) is 23.2 Å². The second-order valence-corrected chi connectivity index (χ2v) is 14.0. The van der Waals surface area contributed by atoms with E-state index in [1.54, 1.807) is 30.2 Å². The van der Waals surface area contributed by atoms with Gasteiger partial charge in [0.2, 0.25) is 0 Å². The van der Waals surface area contributed by atoms with Crippen LogP contribution >= 0.6 is 0 Å². The molecule has 1 saturated heterocycles. The van der Waals surface area contributed by atoms with Gasteiger partial charge in [-0.05, 0) is 74.6 Å². The standard InChI is InChI=1S/C36H43F2N9O3/c1-44-21-24(19-42-44)28-15-22-3-2-12-46(32(22)16-29(28)33(37)38)34-30-20-39-11-8-31(30)47(43-34)26-9-13-45(14-10-26)25-4-6-27(7-5-25)50-36-40-17-23(18-41-36)35(48)49/h15-19,21,25-27,33,39H,2-14,20H2,1H3,(H,48,49). The molecule has 0 atom stereocenters. The van der Waals surface area contributed by atoms with Crippen molar-refractivity contribution in [2.45, 2.75) is 88.9 Å². The van der Waals surface area contributed by atoms with Crippen LogP contribution in [0, 0.1) is 0 Å². The van der Waals surface area contributed by atoms with Gasteiger partial charge in [-0.25, -0.2) is 23.5 Å². The number of rotatable bonds is 8. The number of fused-ring (bicyclic) bond motifs is 2. The molecule has 8 rings (SSSR count). The highest BCUT2D eigenvalue weighted by molar-refractivity contribution is 5.86. The summed E-state index contributed by atoms with van der Waals surface area (Å²) < 4.78 is 39.0. The average Bonchev–Trinajstić information content (AvgIpc) is 3.75. The Labute approximate surface area is 289 Å². The van der Waals surface area contributed by atoms with E-state index >= 15 is 0 Å². The Morgan fingerprint density at radius 1 is 1.00 bits per heavy atom. The fourth-order valence-electron chi connectivity index (χ4n) is 8.40. The first-order valence-corrected chi connectivity index (χ1v) is 17.8. The number of hydrogen-bond acceptors (Lipinski definition) is 9. The first-order chi connectivity index (χ1) is 24.3. The van der Waals surface area contributed by atoms with Gasteiger partial charge in [-0.1, -0.05) is 0 Å². The third-order valence-corrected chi connectivity index (χ3v) is 11.0. The average molecular weight is 688 g/mol. The van der Waals surface area contributed by atoms with E-state index in [4.69, 9.17) is 14.9 Å². The van der Waals surface area contributed by atoms with Crippen molar-refractivity contribution < 1.29 is 23.4 Å². The third kappa shape index (κ3) is 6.34. The number of aromatic nitrogens is 6. The summed E-state index contributed by atoms with van der Waals surface area (Å²) in [4.78, 5) is 24.0. The minimum absolute atomic E-state index is 0.0284. The Hall–Kier alpha value is -4.43. The summed E-state index contributed by atoms with van der Waals surface area (Å²) in [6.45, 7) is 4.38. The summed E-state index contributed by atoms with van der Waals surface area (Å²) in [5.41, 5.74) is 5.73. The maximum Gasteiger partial charge on any atom is 0.338 e. The molecule has 12 nitrogen and oxygen atoms in total. The summed E-state index contributed by atoms with van der Waals surface area (Å²) in [6.07, 6.45) is 12.0. The number of halogens is 2.